The van der Waals surface area contributed by atoms with Gasteiger partial charge < -0.3 is 54.4 Å². The van der Waals surface area contributed by atoms with Crippen LogP contribution in [0.25, 0.3) is 32.3 Å². The highest BCUT2D eigenvalue weighted by molar-refractivity contribution is 6.68. The lowest BCUT2D eigenvalue weighted by atomic mass is 9.95. The Balaban J connectivity index is 0.000000163. The second kappa shape index (κ2) is 24.1. The van der Waals surface area contributed by atoms with Crippen LogP contribution in [0.5, 0.6) is 17.2 Å². The lowest BCUT2D eigenvalue weighted by Gasteiger charge is -2.21. The summed E-state index contributed by atoms with van der Waals surface area (Å²) in [5.74, 6) is -0.950. The van der Waals surface area contributed by atoms with Crippen LogP contribution in [0.2, 0.25) is 0 Å². The molecular weight excluding hydrogens is 1160 g/mol. The highest BCUT2D eigenvalue weighted by atomic mass is 35.5. The lowest BCUT2D eigenvalue weighted by molar-refractivity contribution is 0.0678. The maximum Gasteiger partial charge on any atom is 0.352 e. The van der Waals surface area contributed by atoms with E-state index >= 15 is 0 Å². The third-order valence-electron chi connectivity index (χ3n) is 15.0. The van der Waals surface area contributed by atoms with Crippen LogP contribution < -0.4 is 15.1 Å². The van der Waals surface area contributed by atoms with Gasteiger partial charge in [-0.1, -0.05) is 72.8 Å². The van der Waals surface area contributed by atoms with Crippen LogP contribution in [0.3, 0.4) is 0 Å². The summed E-state index contributed by atoms with van der Waals surface area (Å²) in [7, 11) is 4.64. The number of halogens is 5. The van der Waals surface area contributed by atoms with Crippen LogP contribution in [0.15, 0.2) is 127 Å². The number of carboxylic acids is 2. The number of nitrogens with one attached hydrogen (secondary N) is 1. The minimum atomic E-state index is -1.13. The molecule has 22 heteroatoms. The van der Waals surface area contributed by atoms with E-state index in [4.69, 9.17) is 68.2 Å². The minimum absolute atomic E-state index is 0.0348. The van der Waals surface area contributed by atoms with Crippen molar-refractivity contribution in [1.82, 2.24) is 13.7 Å². The number of carbonyl (C=O) groups excluding carboxylic acids is 4. The van der Waals surface area contributed by atoms with Gasteiger partial charge in [0.15, 0.2) is 0 Å². The fraction of sp³-hybridized carbons (Fsp3) is 0.200. The number of aromatic hydroxyl groups is 3. The predicted molar refractivity (Wildman–Crippen MR) is 320 cm³/mol. The summed E-state index contributed by atoms with van der Waals surface area (Å²) in [6.45, 7) is 1.58. The molecule has 3 aliphatic rings. The summed E-state index contributed by atoms with van der Waals surface area (Å²) in [4.78, 5) is 73.5. The molecule has 2 amide bonds. The fourth-order valence-corrected chi connectivity index (χ4v) is 12.1. The number of benzene rings is 6. The Labute approximate surface area is 493 Å². The summed E-state index contributed by atoms with van der Waals surface area (Å²) in [5, 5.41) is 55.8. The number of phenols is 3. The number of nitrogens with zero attached hydrogens (tertiary/aromatic N) is 5. The molecule has 6 N–H and O–H groups in total. The van der Waals surface area contributed by atoms with Crippen molar-refractivity contribution in [3.8, 4) is 17.2 Å². The van der Waals surface area contributed by atoms with E-state index in [1.54, 1.807) is 58.8 Å². The van der Waals surface area contributed by atoms with Crippen molar-refractivity contribution in [3.63, 3.8) is 0 Å². The number of aromatic carboxylic acids is 2. The Kier molecular flexibility index (Phi) is 17.2. The lowest BCUT2D eigenvalue weighted by Crippen LogP contribution is -2.34. The number of alkyl halides is 3. The molecule has 6 aromatic carbocycles. The van der Waals surface area contributed by atoms with Crippen LogP contribution in [-0.2, 0) is 21.1 Å². The summed E-state index contributed by atoms with van der Waals surface area (Å²) in [6, 6.07) is 36.8. The summed E-state index contributed by atoms with van der Waals surface area (Å²) >= 11 is 29.1. The van der Waals surface area contributed by atoms with Crippen LogP contribution in [0, 0.1) is 0 Å². The monoisotopic (exact) mass is 1210 g/mol. The van der Waals surface area contributed by atoms with Crippen LogP contribution in [0.1, 0.15) is 97.4 Å². The highest BCUT2D eigenvalue weighted by Gasteiger charge is 2.39. The van der Waals surface area contributed by atoms with E-state index in [9.17, 15) is 44.1 Å². The number of hydrogen-bond donors (Lipinski definition) is 6. The van der Waals surface area contributed by atoms with Gasteiger partial charge >= 0.3 is 11.9 Å². The Morgan fingerprint density at radius 2 is 0.768 bits per heavy atom. The predicted octanol–water partition coefficient (Wildman–Crippen LogP) is 12.2. The number of fused-ring (bicyclic) bond motifs is 9. The van der Waals surface area contributed by atoms with E-state index in [-0.39, 0.29) is 57.9 Å². The SMILES string of the molecule is Cn1c(C(=O)Cl)ccc1C(=O)Cl.Cn1c(C(=O)N2C[C@@H](CCl)c3c2cc(O)c2ccccc32)ccc1C(=O)N1C[C@@H](CCl)c2c1cc(O)c1ccccc21.Cn1c(C(=O)O)ccc1C(=O)O.Oc1cc2c(c3ccccc13)[C@H](CCl)CN2. The molecule has 12 rings (SSSR count). The molecule has 0 bridgehead atoms. The molecule has 0 saturated heterocycles. The van der Waals surface area contributed by atoms with Gasteiger partial charge in [-0.05, 0) is 92.4 Å². The van der Waals surface area contributed by atoms with Crippen molar-refractivity contribution in [3.05, 3.63) is 178 Å². The highest BCUT2D eigenvalue weighted by Crippen LogP contribution is 2.48. The molecule has 3 atom stereocenters. The van der Waals surface area contributed by atoms with E-state index in [1.807, 2.05) is 72.8 Å². The standard InChI is InChI=1S/C33H27Cl2N3O4.C13H12ClNO.C7H5Cl2NO2.C7H7NO4/c1-36-24(32(41)37-16-18(14-34)30-22-8-4-2-6-20(22)28(39)12-26(30)37)10-11-25(36)33(42)38-17-19(15-35)31-23-9-5-3-7-21(23)29(40)13-27(31)38;14-6-8-7-15-11-5-12(16)9-3-1-2-4-10(9)13(8)11;1-10-4(6(8)11)2-3-5(10)7(9)12;1-8-4(6(9)10)2-3-5(8)7(11)12/h2-13,18-19,39-40H,14-17H2,1H3;1-5,8,15-16H,6-7H2;2-3H,1H3;2-3H,1H3,(H,9,10)(H,11,12)/t18-,19-;8-;;/m11../s1. The van der Waals surface area contributed by atoms with E-state index in [2.05, 4.69) is 5.32 Å². The maximum atomic E-state index is 14.0. The molecule has 9 aromatic rings. The van der Waals surface area contributed by atoms with Gasteiger partial charge in [0.25, 0.3) is 22.3 Å². The average molecular weight is 1210 g/mol. The third kappa shape index (κ3) is 10.8. The van der Waals surface area contributed by atoms with E-state index in [1.165, 1.54) is 41.4 Å². The van der Waals surface area contributed by atoms with Gasteiger partial charge in [0, 0.05) is 116 Å². The largest absolute Gasteiger partial charge is 0.507 e. The number of amides is 2. The zero-order valence-corrected chi connectivity index (χ0v) is 47.7. The molecule has 17 nitrogen and oxygen atoms in total. The summed E-state index contributed by atoms with van der Waals surface area (Å²) < 4.78 is 4.07. The first-order valence-corrected chi connectivity index (χ1v) is 27.7. The normalized spacial score (nSPS) is 15.5. The van der Waals surface area contributed by atoms with Gasteiger partial charge in [-0.2, -0.15) is 0 Å². The van der Waals surface area contributed by atoms with Crippen molar-refractivity contribution in [2.75, 3.05) is 52.4 Å². The van der Waals surface area contributed by atoms with Gasteiger partial charge in [-0.25, -0.2) is 9.59 Å². The molecule has 6 heterocycles. The Morgan fingerprint density at radius 3 is 1.11 bits per heavy atom. The van der Waals surface area contributed by atoms with Crippen molar-refractivity contribution in [1.29, 1.82) is 0 Å². The van der Waals surface area contributed by atoms with Crippen LogP contribution >= 0.6 is 58.0 Å². The van der Waals surface area contributed by atoms with Crippen molar-refractivity contribution in [2.24, 2.45) is 21.1 Å². The molecule has 0 fully saturated rings. The molecule has 0 radical (unpaired) electrons. The first-order valence-electron chi connectivity index (χ1n) is 25.3. The van der Waals surface area contributed by atoms with Crippen molar-refractivity contribution < 1.29 is 54.3 Å². The van der Waals surface area contributed by atoms with Crippen LogP contribution in [0.4, 0.5) is 17.1 Å². The molecule has 82 heavy (non-hydrogen) atoms. The fourth-order valence-electron chi connectivity index (χ4n) is 11.0. The van der Waals surface area contributed by atoms with E-state index < -0.39 is 22.4 Å². The number of aromatic nitrogens is 3. The molecule has 0 spiro atoms. The van der Waals surface area contributed by atoms with Gasteiger partial charge in [-0.3, -0.25) is 19.2 Å². The van der Waals surface area contributed by atoms with Crippen molar-refractivity contribution in [2.45, 2.75) is 17.8 Å². The Hall–Kier alpha value is -8.19. The second-order valence-electron chi connectivity index (χ2n) is 19.6. The molecular formula is C60H51Cl5N6O11. The number of phenolic OH excluding ortho intramolecular Hbond substituents is 3. The first kappa shape index (κ1) is 58.5. The number of carbonyl (C=O) groups is 6. The Morgan fingerprint density at radius 1 is 0.451 bits per heavy atom. The van der Waals surface area contributed by atoms with Gasteiger partial charge in [-0.15, -0.1) is 34.8 Å². The molecule has 422 valence electrons. The van der Waals surface area contributed by atoms with Crippen molar-refractivity contribution >= 4 is 142 Å². The topological polar surface area (TPSA) is 237 Å². The minimum Gasteiger partial charge on any atom is -0.507 e. The van der Waals surface area contributed by atoms with Crippen LogP contribution in [-0.4, -0.2) is 111 Å². The quantitative estimate of drug-likeness (QED) is 0.0585. The van der Waals surface area contributed by atoms with Gasteiger partial charge in [0.2, 0.25) is 0 Å². The van der Waals surface area contributed by atoms with E-state index in [0.717, 1.165) is 49.5 Å². The number of anilines is 3. The Bertz CT molecular complexity index is 3790. The average Bonchev–Trinajstić information content (AvgIpc) is 3.03. The third-order valence-corrected chi connectivity index (χ3v) is 16.5. The zero-order chi connectivity index (χ0) is 59.0. The molecule has 0 aliphatic carbocycles. The second-order valence-corrected chi connectivity index (χ2v) is 21.2. The smallest absolute Gasteiger partial charge is 0.352 e. The number of rotatable bonds is 9. The number of carboxylic acid groups (broad SMARTS) is 2. The molecule has 0 saturated carbocycles. The van der Waals surface area contributed by atoms with Gasteiger partial charge in [0.05, 0.1) is 11.4 Å². The maximum absolute atomic E-state index is 14.0. The first-order chi connectivity index (χ1) is 39.2. The van der Waals surface area contributed by atoms with E-state index in [0.29, 0.717) is 75.9 Å². The summed E-state index contributed by atoms with van der Waals surface area (Å²) in [5.41, 5.74) is 6.47. The molecule has 3 aliphatic heterocycles. The van der Waals surface area contributed by atoms with Gasteiger partial charge in [0.1, 0.15) is 51.4 Å². The molecule has 3 aromatic heterocycles. The molecule has 0 unspecified atom stereocenters. The zero-order valence-electron chi connectivity index (χ0n) is 43.9. The number of hydrogen-bond acceptors (Lipinski definition) is 10. The summed E-state index contributed by atoms with van der Waals surface area (Å²) in [6.07, 6.45) is 0.